The molecule has 2 saturated heterocycles. The van der Waals surface area contributed by atoms with Crippen LogP contribution in [0.3, 0.4) is 0 Å². The molecular formula is C19H27N3O2. The molecule has 0 aliphatic carbocycles. The van der Waals surface area contributed by atoms with Crippen molar-refractivity contribution in [1.29, 1.82) is 0 Å². The first-order valence-electron chi connectivity index (χ1n) is 9.03. The Labute approximate surface area is 144 Å². The zero-order valence-electron chi connectivity index (χ0n) is 14.5. The number of likely N-dealkylation sites (tertiary alicyclic amines) is 1. The number of hydrogen-bond donors (Lipinski definition) is 0. The predicted molar refractivity (Wildman–Crippen MR) is 93.3 cm³/mol. The normalized spacial score (nSPS) is 23.2. The molecule has 2 fully saturated rings. The SMILES string of the molecule is CCCCN1C(=O)C[C@@H](N2CCN(Cc3ccccc3)CC2)C1=O. The second kappa shape index (κ2) is 7.90. The van der Waals surface area contributed by atoms with E-state index in [4.69, 9.17) is 0 Å². The molecule has 2 aliphatic rings. The molecule has 0 spiro atoms. The van der Waals surface area contributed by atoms with Crippen LogP contribution in [0, 0.1) is 0 Å². The van der Waals surface area contributed by atoms with E-state index in [1.54, 1.807) is 0 Å². The quantitative estimate of drug-likeness (QED) is 0.746. The maximum atomic E-state index is 12.5. The predicted octanol–water partition coefficient (Wildman–Crippen LogP) is 1.73. The van der Waals surface area contributed by atoms with Gasteiger partial charge < -0.3 is 0 Å². The molecule has 5 heteroatoms. The van der Waals surface area contributed by atoms with E-state index in [-0.39, 0.29) is 17.9 Å². The van der Waals surface area contributed by atoms with Crippen LogP contribution in [0.5, 0.6) is 0 Å². The molecule has 3 rings (SSSR count). The van der Waals surface area contributed by atoms with Gasteiger partial charge in [0.25, 0.3) is 0 Å². The summed E-state index contributed by atoms with van der Waals surface area (Å²) in [6.07, 6.45) is 2.26. The van der Waals surface area contributed by atoms with Crippen LogP contribution in [0.1, 0.15) is 31.7 Å². The van der Waals surface area contributed by atoms with Gasteiger partial charge in [0.05, 0.1) is 12.5 Å². The Morgan fingerprint density at radius 2 is 1.75 bits per heavy atom. The van der Waals surface area contributed by atoms with Crippen LogP contribution in [0.2, 0.25) is 0 Å². The van der Waals surface area contributed by atoms with Crippen LogP contribution in [-0.4, -0.2) is 65.3 Å². The number of carbonyl (C=O) groups is 2. The number of piperazine rings is 1. The lowest BCUT2D eigenvalue weighted by molar-refractivity contribution is -0.140. The number of nitrogens with zero attached hydrogens (tertiary/aromatic N) is 3. The summed E-state index contributed by atoms with van der Waals surface area (Å²) in [5.41, 5.74) is 1.32. The van der Waals surface area contributed by atoms with E-state index in [1.165, 1.54) is 10.5 Å². The van der Waals surface area contributed by atoms with Gasteiger partial charge in [-0.3, -0.25) is 24.3 Å². The first kappa shape index (κ1) is 17.1. The van der Waals surface area contributed by atoms with Crippen molar-refractivity contribution in [2.75, 3.05) is 32.7 Å². The van der Waals surface area contributed by atoms with Gasteiger partial charge in [-0.25, -0.2) is 0 Å². The lowest BCUT2D eigenvalue weighted by Gasteiger charge is -2.37. The summed E-state index contributed by atoms with van der Waals surface area (Å²) in [6.45, 7) is 7.22. The Morgan fingerprint density at radius 3 is 2.42 bits per heavy atom. The van der Waals surface area contributed by atoms with Crippen molar-refractivity contribution >= 4 is 11.8 Å². The summed E-state index contributed by atoms with van der Waals surface area (Å²) in [6, 6.07) is 10.2. The molecule has 2 heterocycles. The topological polar surface area (TPSA) is 43.9 Å². The molecule has 0 N–H and O–H groups in total. The molecule has 0 bridgehead atoms. The maximum absolute atomic E-state index is 12.5. The van der Waals surface area contributed by atoms with Gasteiger partial charge in [0.1, 0.15) is 0 Å². The molecule has 0 saturated carbocycles. The van der Waals surface area contributed by atoms with Crippen molar-refractivity contribution in [3.8, 4) is 0 Å². The number of imide groups is 1. The molecule has 1 atom stereocenters. The first-order chi connectivity index (χ1) is 11.7. The van der Waals surface area contributed by atoms with E-state index in [2.05, 4.69) is 41.0 Å². The fourth-order valence-electron chi connectivity index (χ4n) is 3.58. The van der Waals surface area contributed by atoms with Gasteiger partial charge in [0.2, 0.25) is 11.8 Å². The van der Waals surface area contributed by atoms with Crippen molar-refractivity contribution in [3.05, 3.63) is 35.9 Å². The van der Waals surface area contributed by atoms with Crippen molar-refractivity contribution in [2.24, 2.45) is 0 Å². The number of unbranched alkanes of at least 4 members (excludes halogenated alkanes) is 1. The monoisotopic (exact) mass is 329 g/mol. The molecule has 130 valence electrons. The highest BCUT2D eigenvalue weighted by Crippen LogP contribution is 2.21. The van der Waals surface area contributed by atoms with Gasteiger partial charge in [0, 0.05) is 39.3 Å². The Bertz CT molecular complexity index is 567. The number of hydrogen-bond acceptors (Lipinski definition) is 4. The van der Waals surface area contributed by atoms with Crippen LogP contribution in [0.25, 0.3) is 0 Å². The molecule has 24 heavy (non-hydrogen) atoms. The second-order valence-corrected chi connectivity index (χ2v) is 6.75. The number of carbonyl (C=O) groups excluding carboxylic acids is 2. The van der Waals surface area contributed by atoms with Gasteiger partial charge in [0.15, 0.2) is 0 Å². The van der Waals surface area contributed by atoms with Crippen LogP contribution in [0.4, 0.5) is 0 Å². The van der Waals surface area contributed by atoms with Crippen LogP contribution >= 0.6 is 0 Å². The summed E-state index contributed by atoms with van der Waals surface area (Å²) in [5, 5.41) is 0. The zero-order chi connectivity index (χ0) is 16.9. The summed E-state index contributed by atoms with van der Waals surface area (Å²) < 4.78 is 0. The first-order valence-corrected chi connectivity index (χ1v) is 9.03. The van der Waals surface area contributed by atoms with Gasteiger partial charge in [-0.15, -0.1) is 0 Å². The van der Waals surface area contributed by atoms with Gasteiger partial charge in [-0.05, 0) is 12.0 Å². The minimum atomic E-state index is -0.228. The molecule has 2 aliphatic heterocycles. The van der Waals surface area contributed by atoms with Crippen molar-refractivity contribution < 1.29 is 9.59 Å². The fourth-order valence-corrected chi connectivity index (χ4v) is 3.58. The summed E-state index contributed by atoms with van der Waals surface area (Å²) in [5.74, 6) is 0.0233. The molecule has 5 nitrogen and oxygen atoms in total. The number of benzene rings is 1. The Balaban J connectivity index is 1.51. The van der Waals surface area contributed by atoms with Crippen LogP contribution in [-0.2, 0) is 16.1 Å². The van der Waals surface area contributed by atoms with E-state index in [9.17, 15) is 9.59 Å². The maximum Gasteiger partial charge on any atom is 0.247 e. The fraction of sp³-hybridized carbons (Fsp3) is 0.579. The third kappa shape index (κ3) is 3.84. The van der Waals surface area contributed by atoms with E-state index in [0.717, 1.165) is 45.6 Å². The minimum Gasteiger partial charge on any atom is -0.297 e. The molecule has 1 aromatic carbocycles. The lowest BCUT2D eigenvalue weighted by Crippen LogP contribution is -2.52. The Kier molecular flexibility index (Phi) is 5.63. The summed E-state index contributed by atoms with van der Waals surface area (Å²) >= 11 is 0. The molecule has 0 unspecified atom stereocenters. The summed E-state index contributed by atoms with van der Waals surface area (Å²) in [7, 11) is 0. The van der Waals surface area contributed by atoms with Gasteiger partial charge in [-0.2, -0.15) is 0 Å². The van der Waals surface area contributed by atoms with E-state index >= 15 is 0 Å². The zero-order valence-corrected chi connectivity index (χ0v) is 14.5. The average Bonchev–Trinajstić information content (AvgIpc) is 2.89. The van der Waals surface area contributed by atoms with E-state index in [0.29, 0.717) is 13.0 Å². The van der Waals surface area contributed by atoms with Crippen LogP contribution < -0.4 is 0 Å². The Hall–Kier alpha value is -1.72. The van der Waals surface area contributed by atoms with Crippen molar-refractivity contribution in [2.45, 2.75) is 38.8 Å². The minimum absolute atomic E-state index is 0.00478. The third-order valence-electron chi connectivity index (χ3n) is 5.05. The standard InChI is InChI=1S/C19H27N3O2/c1-2-3-9-22-18(23)14-17(19(22)24)21-12-10-20(11-13-21)15-16-7-5-4-6-8-16/h4-8,17H,2-3,9-15H2,1H3/t17-/m1/s1. The highest BCUT2D eigenvalue weighted by Gasteiger charge is 2.42. The van der Waals surface area contributed by atoms with E-state index in [1.807, 2.05) is 6.07 Å². The number of amides is 2. The van der Waals surface area contributed by atoms with E-state index < -0.39 is 0 Å². The Morgan fingerprint density at radius 1 is 1.04 bits per heavy atom. The lowest BCUT2D eigenvalue weighted by atomic mass is 10.1. The average molecular weight is 329 g/mol. The smallest absolute Gasteiger partial charge is 0.247 e. The molecule has 0 radical (unpaired) electrons. The highest BCUT2D eigenvalue weighted by atomic mass is 16.2. The number of rotatable bonds is 6. The molecular weight excluding hydrogens is 302 g/mol. The molecule has 0 aromatic heterocycles. The van der Waals surface area contributed by atoms with Crippen molar-refractivity contribution in [1.82, 2.24) is 14.7 Å². The summed E-state index contributed by atoms with van der Waals surface area (Å²) in [4.78, 5) is 30.8. The second-order valence-electron chi connectivity index (χ2n) is 6.75. The molecule has 1 aromatic rings. The van der Waals surface area contributed by atoms with Crippen molar-refractivity contribution in [3.63, 3.8) is 0 Å². The van der Waals surface area contributed by atoms with Gasteiger partial charge in [-0.1, -0.05) is 43.7 Å². The highest BCUT2D eigenvalue weighted by molar-refractivity contribution is 6.05. The van der Waals surface area contributed by atoms with Gasteiger partial charge >= 0.3 is 0 Å². The largest absolute Gasteiger partial charge is 0.297 e. The third-order valence-corrected chi connectivity index (χ3v) is 5.05. The van der Waals surface area contributed by atoms with Crippen LogP contribution in [0.15, 0.2) is 30.3 Å². The molecule has 2 amide bonds.